The quantitative estimate of drug-likeness (QED) is 0.538. The van der Waals surface area contributed by atoms with Gasteiger partial charge in [0.25, 0.3) is 5.91 Å². The molecule has 1 aromatic heterocycles. The molecule has 0 spiro atoms. The molecule has 2 aliphatic rings. The van der Waals surface area contributed by atoms with Gasteiger partial charge in [0, 0.05) is 42.7 Å². The zero-order valence-corrected chi connectivity index (χ0v) is 22.5. The molecule has 192 valence electrons. The number of ether oxygens (including phenoxy) is 1. The lowest BCUT2D eigenvalue weighted by atomic mass is 9.89. The number of aromatic nitrogens is 1. The van der Waals surface area contributed by atoms with Gasteiger partial charge in [-0.15, -0.1) is 0 Å². The molecule has 1 aromatic carbocycles. The van der Waals surface area contributed by atoms with Crippen LogP contribution in [0.15, 0.2) is 35.2 Å². The Kier molecular flexibility index (Phi) is 8.50. The average Bonchev–Trinajstić information content (AvgIpc) is 3.15. The van der Waals surface area contributed by atoms with Crippen LogP contribution in [0.1, 0.15) is 81.8 Å². The van der Waals surface area contributed by atoms with Gasteiger partial charge in [-0.1, -0.05) is 31.4 Å². The number of nitrogens with zero attached hydrogens (tertiary/aromatic N) is 1. The van der Waals surface area contributed by atoms with Gasteiger partial charge in [0.2, 0.25) is 0 Å². The van der Waals surface area contributed by atoms with Crippen LogP contribution in [-0.2, 0) is 22.3 Å². The summed E-state index contributed by atoms with van der Waals surface area (Å²) in [5, 5.41) is 3.24. The van der Waals surface area contributed by atoms with Crippen LogP contribution in [0.25, 0.3) is 11.3 Å². The maximum atomic E-state index is 13.3. The summed E-state index contributed by atoms with van der Waals surface area (Å²) < 4.78 is 23.6. The van der Waals surface area contributed by atoms with Crippen molar-refractivity contribution in [2.75, 3.05) is 13.2 Å². The van der Waals surface area contributed by atoms with Gasteiger partial charge in [0.1, 0.15) is 11.0 Å². The molecule has 1 aliphatic heterocycles. The van der Waals surface area contributed by atoms with E-state index in [0.29, 0.717) is 19.1 Å². The normalized spacial score (nSPS) is 19.0. The maximum Gasteiger partial charge on any atom is 0.253 e. The topological polar surface area (TPSA) is 72.4 Å². The summed E-state index contributed by atoms with van der Waals surface area (Å²) in [6.07, 6.45) is 8.13. The maximum absolute atomic E-state index is 13.3. The number of hydrogen-bond acceptors (Lipinski definition) is 3. The van der Waals surface area contributed by atoms with Crippen LogP contribution in [0.3, 0.4) is 0 Å². The van der Waals surface area contributed by atoms with Crippen molar-refractivity contribution in [2.24, 2.45) is 5.92 Å². The second-order valence-corrected chi connectivity index (χ2v) is 12.4. The lowest BCUT2D eigenvalue weighted by molar-refractivity contribution is 0.0696. The van der Waals surface area contributed by atoms with E-state index in [9.17, 15) is 9.00 Å². The van der Waals surface area contributed by atoms with E-state index in [2.05, 4.69) is 21.5 Å². The first-order valence-corrected chi connectivity index (χ1v) is 14.2. The molecule has 6 nitrogen and oxygen atoms in total. The Balaban J connectivity index is 1.61. The molecule has 1 aliphatic carbocycles. The number of nitrogens with one attached hydrogen (secondary N) is 2. The summed E-state index contributed by atoms with van der Waals surface area (Å²) in [6.45, 7) is 10.4. The van der Waals surface area contributed by atoms with E-state index in [4.69, 9.17) is 4.74 Å². The summed E-state index contributed by atoms with van der Waals surface area (Å²) >= 11 is 0. The molecule has 2 N–H and O–H groups in total. The summed E-state index contributed by atoms with van der Waals surface area (Å²) in [5.74, 6) is 0.646. The smallest absolute Gasteiger partial charge is 0.253 e. The van der Waals surface area contributed by atoms with Gasteiger partial charge in [-0.3, -0.25) is 4.79 Å². The number of amides is 1. The Morgan fingerprint density at radius 2 is 1.71 bits per heavy atom. The van der Waals surface area contributed by atoms with Gasteiger partial charge in [0.15, 0.2) is 0 Å². The summed E-state index contributed by atoms with van der Waals surface area (Å²) in [5.41, 5.74) is 3.65. The molecule has 1 amide bonds. The number of rotatable bonds is 7. The standard InChI is InChI=1S/C28H41N3O3S/c1-20-25(27(32)29-23-14-16-34-17-15-23)18-26(31(20)19-21-8-6-5-7-9-21)22-10-12-24(13-11-22)35(33)30-28(2,3)4/h10-13,18,21,23,30H,5-9,14-17,19H2,1-4H3,(H,29,32). The highest BCUT2D eigenvalue weighted by atomic mass is 32.2. The second-order valence-electron chi connectivity index (χ2n) is 11.1. The van der Waals surface area contributed by atoms with Gasteiger partial charge in [0.05, 0.1) is 10.5 Å². The Bertz CT molecular complexity index is 1030. The van der Waals surface area contributed by atoms with Crippen molar-refractivity contribution >= 4 is 16.9 Å². The minimum Gasteiger partial charge on any atom is -0.381 e. The number of hydrogen-bond donors (Lipinski definition) is 2. The van der Waals surface area contributed by atoms with Gasteiger partial charge in [-0.05, 0) is 83.1 Å². The molecule has 2 aromatic rings. The molecule has 1 unspecified atom stereocenters. The minimum absolute atomic E-state index is 0.00476. The average molecular weight is 500 g/mol. The molecule has 4 rings (SSSR count). The zero-order chi connectivity index (χ0) is 25.0. The van der Waals surface area contributed by atoms with Crippen molar-refractivity contribution in [1.82, 2.24) is 14.6 Å². The Hall–Kier alpha value is -1.96. The molecule has 0 bridgehead atoms. The fourth-order valence-corrected chi connectivity index (χ4v) is 6.23. The molecule has 7 heteroatoms. The molecule has 0 radical (unpaired) electrons. The van der Waals surface area contributed by atoms with Crippen LogP contribution in [0.5, 0.6) is 0 Å². The first kappa shape index (κ1) is 26.1. The molecule has 2 fully saturated rings. The van der Waals surface area contributed by atoms with E-state index < -0.39 is 11.0 Å². The molecular weight excluding hydrogens is 458 g/mol. The summed E-state index contributed by atoms with van der Waals surface area (Å²) in [4.78, 5) is 14.0. The highest BCUT2D eigenvalue weighted by Crippen LogP contribution is 2.32. The Labute approximate surface area is 212 Å². The largest absolute Gasteiger partial charge is 0.381 e. The van der Waals surface area contributed by atoms with Gasteiger partial charge in [-0.25, -0.2) is 8.93 Å². The third kappa shape index (κ3) is 6.83. The predicted molar refractivity (Wildman–Crippen MR) is 142 cm³/mol. The fraction of sp³-hybridized carbons (Fsp3) is 0.607. The summed E-state index contributed by atoms with van der Waals surface area (Å²) in [7, 11) is -1.27. The van der Waals surface area contributed by atoms with E-state index in [1.54, 1.807) is 0 Å². The highest BCUT2D eigenvalue weighted by molar-refractivity contribution is 7.83. The molecule has 1 saturated carbocycles. The monoisotopic (exact) mass is 499 g/mol. The first-order chi connectivity index (χ1) is 16.7. The number of carbonyl (C=O) groups is 1. The van der Waals surface area contributed by atoms with Crippen LogP contribution < -0.4 is 10.0 Å². The van der Waals surface area contributed by atoms with E-state index in [1.807, 2.05) is 51.1 Å². The van der Waals surface area contributed by atoms with E-state index in [0.717, 1.165) is 46.8 Å². The molecule has 2 heterocycles. The lowest BCUT2D eigenvalue weighted by Gasteiger charge is -2.25. The third-order valence-electron chi connectivity index (χ3n) is 7.10. The fourth-order valence-electron chi connectivity index (χ4n) is 5.17. The van der Waals surface area contributed by atoms with Crippen LogP contribution in [0, 0.1) is 12.8 Å². The predicted octanol–water partition coefficient (Wildman–Crippen LogP) is 5.36. The van der Waals surface area contributed by atoms with Crippen LogP contribution in [0.2, 0.25) is 0 Å². The second kappa shape index (κ2) is 11.4. The van der Waals surface area contributed by atoms with Crippen molar-refractivity contribution in [3.05, 3.63) is 41.6 Å². The Morgan fingerprint density at radius 1 is 1.06 bits per heavy atom. The summed E-state index contributed by atoms with van der Waals surface area (Å²) in [6, 6.07) is 10.1. The van der Waals surface area contributed by atoms with E-state index in [-0.39, 0.29) is 17.5 Å². The lowest BCUT2D eigenvalue weighted by Crippen LogP contribution is -2.39. The van der Waals surface area contributed by atoms with Crippen molar-refractivity contribution in [2.45, 2.75) is 95.7 Å². The first-order valence-electron chi connectivity index (χ1n) is 13.1. The SMILES string of the molecule is Cc1c(C(=O)NC2CCOCC2)cc(-c2ccc(S(=O)NC(C)(C)C)cc2)n1CC1CCCCC1. The van der Waals surface area contributed by atoms with Crippen molar-refractivity contribution in [1.29, 1.82) is 0 Å². The zero-order valence-electron chi connectivity index (χ0n) is 21.7. The van der Waals surface area contributed by atoms with E-state index >= 15 is 0 Å². The van der Waals surface area contributed by atoms with Gasteiger partial charge in [-0.2, -0.15) is 0 Å². The van der Waals surface area contributed by atoms with Crippen LogP contribution in [-0.4, -0.2) is 39.5 Å². The van der Waals surface area contributed by atoms with Crippen LogP contribution in [0.4, 0.5) is 0 Å². The number of carbonyl (C=O) groups excluding carboxylic acids is 1. The molecular formula is C28H41N3O3S. The molecule has 1 saturated heterocycles. The van der Waals surface area contributed by atoms with Crippen molar-refractivity contribution in [3.63, 3.8) is 0 Å². The third-order valence-corrected chi connectivity index (χ3v) is 8.59. The highest BCUT2D eigenvalue weighted by Gasteiger charge is 2.24. The van der Waals surface area contributed by atoms with E-state index in [1.165, 1.54) is 32.1 Å². The minimum atomic E-state index is -1.27. The molecule has 1 atom stereocenters. The number of benzene rings is 1. The Morgan fingerprint density at radius 3 is 2.34 bits per heavy atom. The van der Waals surface area contributed by atoms with Crippen LogP contribution >= 0.6 is 0 Å². The van der Waals surface area contributed by atoms with Gasteiger partial charge < -0.3 is 14.6 Å². The van der Waals surface area contributed by atoms with Gasteiger partial charge >= 0.3 is 0 Å². The van der Waals surface area contributed by atoms with Crippen molar-refractivity contribution in [3.8, 4) is 11.3 Å². The van der Waals surface area contributed by atoms with Crippen molar-refractivity contribution < 1.29 is 13.7 Å². The molecule has 35 heavy (non-hydrogen) atoms.